The minimum absolute atomic E-state index is 0.0700. The van der Waals surface area contributed by atoms with Gasteiger partial charge in [-0.15, -0.1) is 5.10 Å². The van der Waals surface area contributed by atoms with Crippen LogP contribution in [0.15, 0.2) is 23.1 Å². The predicted octanol–water partition coefficient (Wildman–Crippen LogP) is 2.37. The molecule has 194 valence electrons. The molecule has 0 aliphatic carbocycles. The number of pyridine rings is 2. The molecule has 0 unspecified atom stereocenters. The lowest BCUT2D eigenvalue weighted by Crippen LogP contribution is -2.33. The number of carbonyl (C=O) groups excluding carboxylic acids is 1. The summed E-state index contributed by atoms with van der Waals surface area (Å²) in [5.74, 6) is -3.87. The Morgan fingerprint density at radius 2 is 2.00 bits per heavy atom. The van der Waals surface area contributed by atoms with Crippen LogP contribution < -0.4 is 20.5 Å². The first-order valence-electron chi connectivity index (χ1n) is 10.5. The lowest BCUT2D eigenvalue weighted by Gasteiger charge is -2.19. The first-order chi connectivity index (χ1) is 16.9. The van der Waals surface area contributed by atoms with Crippen LogP contribution in [0.25, 0.3) is 5.82 Å². The number of ether oxygens (including phenoxy) is 2. The lowest BCUT2D eigenvalue weighted by atomic mass is 10.2. The summed E-state index contributed by atoms with van der Waals surface area (Å²) < 4.78 is 66.0. The monoisotopic (exact) mass is 514 g/mol. The highest BCUT2D eigenvalue weighted by molar-refractivity contribution is 6.06. The Morgan fingerprint density at radius 1 is 1.31 bits per heavy atom. The number of hydrogen-bond acceptors (Lipinski definition) is 8. The fourth-order valence-corrected chi connectivity index (χ4v) is 3.07. The molecule has 0 saturated heterocycles. The lowest BCUT2D eigenvalue weighted by molar-refractivity contribution is -0.190. The molecule has 0 aliphatic rings. The number of rotatable bonds is 8. The Balaban J connectivity index is 2.12. The Morgan fingerprint density at radius 3 is 2.53 bits per heavy atom. The number of methoxy groups -OCH3 is 1. The molecule has 1 amide bonds. The smallest absolute Gasteiger partial charge is 0.425 e. The number of alkyl halides is 3. The number of aliphatic hydroxyl groups excluding tert-OH is 1. The number of amides is 1. The topological polar surface area (TPSA) is 133 Å². The number of carbonyl (C=O) groups is 1. The molecule has 2 N–H and O–H groups in total. The van der Waals surface area contributed by atoms with Gasteiger partial charge in [0.05, 0.1) is 19.0 Å². The first kappa shape index (κ1) is 26.6. The molecule has 1 atom stereocenters. The second-order valence-electron chi connectivity index (χ2n) is 7.46. The SMILES string of the molecule is CCn1c(CO)nn(-c2nc(O[C@@H](C)C(F)(F)F)c(C(=O)Nc3cnc(OC)cc3C)cc2F)c1=O. The fraction of sp³-hybridized carbons (Fsp3) is 0.381. The van der Waals surface area contributed by atoms with Crippen LogP contribution >= 0.6 is 0 Å². The van der Waals surface area contributed by atoms with Crippen LogP contribution in [-0.2, 0) is 13.2 Å². The molecule has 0 radical (unpaired) electrons. The van der Waals surface area contributed by atoms with Crippen LogP contribution in [0, 0.1) is 12.7 Å². The van der Waals surface area contributed by atoms with Crippen molar-refractivity contribution in [1.29, 1.82) is 0 Å². The molecule has 0 spiro atoms. The van der Waals surface area contributed by atoms with E-state index in [0.29, 0.717) is 23.2 Å². The predicted molar refractivity (Wildman–Crippen MR) is 117 cm³/mol. The first-order valence-corrected chi connectivity index (χ1v) is 10.5. The molecule has 11 nitrogen and oxygen atoms in total. The highest BCUT2D eigenvalue weighted by Gasteiger charge is 2.39. The molecule has 3 aromatic heterocycles. The Labute approximate surface area is 201 Å². The highest BCUT2D eigenvalue weighted by Crippen LogP contribution is 2.29. The van der Waals surface area contributed by atoms with Gasteiger partial charge in [0, 0.05) is 12.6 Å². The average Bonchev–Trinajstić information content (AvgIpc) is 3.15. The van der Waals surface area contributed by atoms with E-state index in [9.17, 15) is 27.9 Å². The standard InChI is InChI=1S/C21H22F4N6O5/c1-5-30-15(9-32)29-31(20(30)34)17-13(22)7-12(19(28-17)36-11(3)21(23,24)25)18(33)27-14-8-26-16(35-4)6-10(14)2/h6-8,11,32H,5,9H2,1-4H3,(H,27,33)/t11-/m0/s1. The number of nitrogens with zero attached hydrogens (tertiary/aromatic N) is 5. The van der Waals surface area contributed by atoms with Crippen molar-refractivity contribution in [2.45, 2.75) is 46.2 Å². The molecule has 0 aliphatic heterocycles. The zero-order valence-corrected chi connectivity index (χ0v) is 19.6. The summed E-state index contributed by atoms with van der Waals surface area (Å²) in [5.41, 5.74) is -0.905. The minimum Gasteiger partial charge on any atom is -0.481 e. The van der Waals surface area contributed by atoms with Gasteiger partial charge in [0.25, 0.3) is 5.91 Å². The number of anilines is 1. The van der Waals surface area contributed by atoms with E-state index in [1.54, 1.807) is 13.8 Å². The number of hydrogen-bond donors (Lipinski definition) is 2. The molecule has 3 rings (SSSR count). The summed E-state index contributed by atoms with van der Waals surface area (Å²) in [4.78, 5) is 33.2. The van der Waals surface area contributed by atoms with Crippen molar-refractivity contribution in [3.05, 3.63) is 51.6 Å². The van der Waals surface area contributed by atoms with Crippen molar-refractivity contribution in [2.75, 3.05) is 12.4 Å². The molecular weight excluding hydrogens is 492 g/mol. The average molecular weight is 514 g/mol. The zero-order valence-electron chi connectivity index (χ0n) is 19.6. The highest BCUT2D eigenvalue weighted by atomic mass is 19.4. The summed E-state index contributed by atoms with van der Waals surface area (Å²) in [6.45, 7) is 3.26. The van der Waals surface area contributed by atoms with Crippen LogP contribution in [-0.4, -0.2) is 54.7 Å². The van der Waals surface area contributed by atoms with Crippen LogP contribution in [0.5, 0.6) is 11.8 Å². The number of aromatic nitrogens is 5. The number of aliphatic hydroxyl groups is 1. The van der Waals surface area contributed by atoms with E-state index in [1.165, 1.54) is 19.4 Å². The van der Waals surface area contributed by atoms with E-state index in [0.717, 1.165) is 4.57 Å². The van der Waals surface area contributed by atoms with E-state index in [1.807, 2.05) is 0 Å². The Kier molecular flexibility index (Phi) is 7.62. The minimum atomic E-state index is -4.84. The maximum atomic E-state index is 15.1. The van der Waals surface area contributed by atoms with E-state index in [-0.39, 0.29) is 23.9 Å². The number of halogens is 4. The quantitative estimate of drug-likeness (QED) is 0.438. The van der Waals surface area contributed by atoms with Crippen molar-refractivity contribution < 1.29 is 36.9 Å². The third-order valence-corrected chi connectivity index (χ3v) is 5.06. The third kappa shape index (κ3) is 5.30. The molecular formula is C21H22F4N6O5. The summed E-state index contributed by atoms with van der Waals surface area (Å²) in [6.07, 6.45) is -6.03. The van der Waals surface area contributed by atoms with Crippen molar-refractivity contribution in [1.82, 2.24) is 24.3 Å². The summed E-state index contributed by atoms with van der Waals surface area (Å²) in [5, 5.41) is 15.6. The van der Waals surface area contributed by atoms with Crippen molar-refractivity contribution >= 4 is 11.6 Å². The van der Waals surface area contributed by atoms with Gasteiger partial charge in [0.1, 0.15) is 12.2 Å². The molecule has 3 heterocycles. The maximum absolute atomic E-state index is 15.1. The second-order valence-corrected chi connectivity index (χ2v) is 7.46. The van der Waals surface area contributed by atoms with Crippen LogP contribution in [0.1, 0.15) is 35.6 Å². The van der Waals surface area contributed by atoms with E-state index in [2.05, 4.69) is 20.4 Å². The summed E-state index contributed by atoms with van der Waals surface area (Å²) in [7, 11) is 1.39. The third-order valence-electron chi connectivity index (χ3n) is 5.06. The van der Waals surface area contributed by atoms with Crippen molar-refractivity contribution in [3.8, 4) is 17.6 Å². The maximum Gasteiger partial charge on any atom is 0.425 e. The van der Waals surface area contributed by atoms with Gasteiger partial charge in [0.2, 0.25) is 11.8 Å². The zero-order chi connectivity index (χ0) is 26.8. The van der Waals surface area contributed by atoms with Gasteiger partial charge in [-0.2, -0.15) is 22.8 Å². The largest absolute Gasteiger partial charge is 0.481 e. The fourth-order valence-electron chi connectivity index (χ4n) is 3.07. The van der Waals surface area contributed by atoms with Gasteiger partial charge in [-0.05, 0) is 32.4 Å². The van der Waals surface area contributed by atoms with Crippen LogP contribution in [0.3, 0.4) is 0 Å². The summed E-state index contributed by atoms with van der Waals surface area (Å²) >= 11 is 0. The van der Waals surface area contributed by atoms with Crippen LogP contribution in [0.4, 0.5) is 23.2 Å². The van der Waals surface area contributed by atoms with Gasteiger partial charge in [-0.3, -0.25) is 9.36 Å². The van der Waals surface area contributed by atoms with E-state index >= 15 is 4.39 Å². The number of nitrogens with one attached hydrogen (secondary N) is 1. The van der Waals surface area contributed by atoms with Gasteiger partial charge in [-0.25, -0.2) is 14.2 Å². The molecule has 15 heteroatoms. The van der Waals surface area contributed by atoms with Crippen LogP contribution in [0.2, 0.25) is 0 Å². The van der Waals surface area contributed by atoms with Gasteiger partial charge >= 0.3 is 11.9 Å². The van der Waals surface area contributed by atoms with Gasteiger partial charge in [-0.1, -0.05) is 0 Å². The molecule has 36 heavy (non-hydrogen) atoms. The molecule has 3 aromatic rings. The van der Waals surface area contributed by atoms with Crippen molar-refractivity contribution in [3.63, 3.8) is 0 Å². The second kappa shape index (κ2) is 10.3. The molecule has 0 saturated carbocycles. The Bertz CT molecular complexity index is 1340. The van der Waals surface area contributed by atoms with Gasteiger partial charge < -0.3 is 19.9 Å². The Hall–Kier alpha value is -4.01. The van der Waals surface area contributed by atoms with Crippen molar-refractivity contribution in [2.24, 2.45) is 0 Å². The molecule has 0 bridgehead atoms. The molecule has 0 aromatic carbocycles. The summed E-state index contributed by atoms with van der Waals surface area (Å²) in [6, 6.07) is 2.08. The van der Waals surface area contributed by atoms with Gasteiger partial charge in [0.15, 0.2) is 23.6 Å². The molecule has 0 fully saturated rings. The van der Waals surface area contributed by atoms with E-state index in [4.69, 9.17) is 9.47 Å². The number of aryl methyl sites for hydroxylation is 1. The van der Waals surface area contributed by atoms with E-state index < -0.39 is 53.6 Å². The normalized spacial score (nSPS) is 12.4.